The molecule has 4 heteroatoms. The van der Waals surface area contributed by atoms with Gasteiger partial charge in [-0.2, -0.15) is 5.26 Å². The Morgan fingerprint density at radius 2 is 1.22 bits per heavy atom. The van der Waals surface area contributed by atoms with E-state index in [1.54, 1.807) is 0 Å². The highest BCUT2D eigenvalue weighted by Gasteiger charge is 2.56. The quantitative estimate of drug-likeness (QED) is 0.176. The zero-order chi connectivity index (χ0) is 38.6. The zero-order valence-corrected chi connectivity index (χ0v) is 31.7. The molecule has 2 heterocycles. The normalized spacial score (nSPS) is 19.3. The second kappa shape index (κ2) is 13.7. The highest BCUT2D eigenvalue weighted by Crippen LogP contribution is 2.65. The van der Waals surface area contributed by atoms with Gasteiger partial charge in [-0.05, 0) is 94.8 Å². The molecule has 0 bridgehead atoms. The lowest BCUT2D eigenvalue weighted by molar-refractivity contribution is 0.374. The van der Waals surface area contributed by atoms with Crippen LogP contribution in [0.4, 0.5) is 0 Å². The zero-order valence-electron chi connectivity index (χ0n) is 31.7. The van der Waals surface area contributed by atoms with Crippen LogP contribution in [0.5, 0.6) is 11.5 Å². The van der Waals surface area contributed by atoms with Gasteiger partial charge < -0.3 is 4.74 Å². The van der Waals surface area contributed by atoms with E-state index in [1.807, 2.05) is 30.3 Å². The van der Waals surface area contributed by atoms with E-state index in [2.05, 4.69) is 164 Å². The summed E-state index contributed by atoms with van der Waals surface area (Å²) in [6.07, 6.45) is 17.8. The van der Waals surface area contributed by atoms with Gasteiger partial charge >= 0.3 is 0 Å². The number of hydrogen-bond donors (Lipinski definition) is 0. The fourth-order valence-corrected chi connectivity index (χ4v) is 9.60. The van der Waals surface area contributed by atoms with Crippen LogP contribution < -0.4 is 4.74 Å². The van der Waals surface area contributed by atoms with Crippen LogP contribution in [-0.2, 0) is 5.41 Å². The molecule has 0 saturated carbocycles. The van der Waals surface area contributed by atoms with Crippen LogP contribution in [0.2, 0.25) is 0 Å². The highest BCUT2D eigenvalue weighted by molar-refractivity contribution is 5.80. The molecule has 0 fully saturated rings. The summed E-state index contributed by atoms with van der Waals surface area (Å²) < 4.78 is 6.84. The lowest BCUT2D eigenvalue weighted by Crippen LogP contribution is -2.37. The number of nitriles is 1. The molecule has 3 atom stereocenters. The first-order valence-electron chi connectivity index (χ1n) is 20.0. The Hall–Kier alpha value is -7.35. The van der Waals surface area contributed by atoms with Gasteiger partial charge in [-0.25, -0.2) is 9.97 Å². The number of rotatable bonds is 5. The van der Waals surface area contributed by atoms with Crippen molar-refractivity contribution in [3.8, 4) is 62.3 Å². The maximum atomic E-state index is 9.29. The Bertz CT molecular complexity index is 2930. The van der Waals surface area contributed by atoms with Gasteiger partial charge in [-0.1, -0.05) is 140 Å². The molecule has 58 heavy (non-hydrogen) atoms. The summed E-state index contributed by atoms with van der Waals surface area (Å²) in [5.74, 6) is 2.81. The largest absolute Gasteiger partial charge is 0.457 e. The maximum absolute atomic E-state index is 9.29. The average molecular weight is 744 g/mol. The van der Waals surface area contributed by atoms with Gasteiger partial charge in [0.2, 0.25) is 0 Å². The first-order valence-corrected chi connectivity index (χ1v) is 20.0. The Kier molecular flexibility index (Phi) is 8.01. The van der Waals surface area contributed by atoms with Crippen molar-refractivity contribution in [3.05, 3.63) is 222 Å². The fourth-order valence-electron chi connectivity index (χ4n) is 9.60. The lowest BCUT2D eigenvalue weighted by Gasteiger charge is -2.43. The van der Waals surface area contributed by atoms with Crippen molar-refractivity contribution < 1.29 is 4.74 Å². The monoisotopic (exact) mass is 743 g/mol. The molecule has 11 rings (SSSR count). The van der Waals surface area contributed by atoms with Crippen molar-refractivity contribution in [3.63, 3.8) is 0 Å². The van der Waals surface area contributed by atoms with Gasteiger partial charge in [0.1, 0.15) is 11.5 Å². The molecular weight excluding hydrogens is 707 g/mol. The molecule has 4 nitrogen and oxygen atoms in total. The van der Waals surface area contributed by atoms with E-state index in [0.29, 0.717) is 5.56 Å². The summed E-state index contributed by atoms with van der Waals surface area (Å²) in [5.41, 5.74) is 14.5. The number of fused-ring (bicyclic) bond motifs is 9. The summed E-state index contributed by atoms with van der Waals surface area (Å²) in [6.45, 7) is 0. The molecule has 3 aliphatic carbocycles. The Balaban J connectivity index is 1.10. The topological polar surface area (TPSA) is 58.8 Å². The summed E-state index contributed by atoms with van der Waals surface area (Å²) in [5, 5.41) is 9.29. The number of nitrogens with zero attached hydrogens (tertiary/aromatic N) is 3. The van der Waals surface area contributed by atoms with Crippen LogP contribution in [0.3, 0.4) is 0 Å². The van der Waals surface area contributed by atoms with Crippen LogP contribution in [0.25, 0.3) is 50.3 Å². The summed E-state index contributed by atoms with van der Waals surface area (Å²) in [7, 11) is 0. The van der Waals surface area contributed by atoms with Crippen molar-refractivity contribution in [2.75, 3.05) is 0 Å². The van der Waals surface area contributed by atoms with E-state index in [9.17, 15) is 5.26 Å². The highest BCUT2D eigenvalue weighted by atomic mass is 16.5. The summed E-state index contributed by atoms with van der Waals surface area (Å²) >= 11 is 0. The molecular formula is C54H37N3O. The van der Waals surface area contributed by atoms with Crippen molar-refractivity contribution in [1.82, 2.24) is 9.97 Å². The minimum absolute atomic E-state index is 0.124. The standard InChI is InChI=1S/C54H37N3O/c55-34-35-19-21-36(22-20-35)37-23-25-38(26-24-37)41-27-29-44-43-15-7-8-16-45(43)54(47(44)31-41)46-17-9-10-18-51(46)58-52-30-28-42(32-48(52)54)50-33-49(39-11-3-1-4-12-39)56-53(57-50)40-13-5-2-6-14-40/h1,3-5,7-33,43,45H,2,6H2. The van der Waals surface area contributed by atoms with E-state index < -0.39 is 5.41 Å². The molecule has 0 radical (unpaired) electrons. The van der Waals surface area contributed by atoms with Gasteiger partial charge in [0.05, 0.1) is 28.4 Å². The number of para-hydroxylation sites is 1. The maximum Gasteiger partial charge on any atom is 0.160 e. The number of aromatic nitrogens is 2. The van der Waals surface area contributed by atoms with E-state index in [-0.39, 0.29) is 11.8 Å². The summed E-state index contributed by atoms with van der Waals surface area (Å²) in [6, 6.07) is 53.6. The van der Waals surface area contributed by atoms with Gasteiger partial charge in [0.25, 0.3) is 0 Å². The second-order valence-corrected chi connectivity index (χ2v) is 15.5. The van der Waals surface area contributed by atoms with E-state index in [0.717, 1.165) is 80.5 Å². The molecule has 0 N–H and O–H groups in total. The lowest BCUT2D eigenvalue weighted by atomic mass is 9.61. The van der Waals surface area contributed by atoms with E-state index in [1.165, 1.54) is 22.3 Å². The first kappa shape index (κ1) is 33.9. The molecule has 0 saturated heterocycles. The van der Waals surface area contributed by atoms with Crippen LogP contribution in [0.1, 0.15) is 52.4 Å². The smallest absolute Gasteiger partial charge is 0.160 e. The predicted molar refractivity (Wildman–Crippen MR) is 232 cm³/mol. The van der Waals surface area contributed by atoms with Gasteiger partial charge in [-0.3, -0.25) is 0 Å². The van der Waals surface area contributed by atoms with Crippen molar-refractivity contribution in [1.29, 1.82) is 5.26 Å². The molecule has 1 aromatic heterocycles. The van der Waals surface area contributed by atoms with Gasteiger partial charge in [0, 0.05) is 39.7 Å². The second-order valence-electron chi connectivity index (χ2n) is 15.5. The number of allylic oxidation sites excluding steroid dienone is 8. The van der Waals surface area contributed by atoms with Crippen molar-refractivity contribution >= 4 is 5.57 Å². The SMILES string of the molecule is N#Cc1ccc(-c2ccc(-c3ccc4c(c3)C3(c5ccccc5Oc5ccc(-c6cc(-c7ccccc7)nc(C7=CCCC=C7)n6)cc53)C3C=CC=CC43)cc2)cc1. The van der Waals surface area contributed by atoms with Crippen molar-refractivity contribution in [2.45, 2.75) is 24.2 Å². The third-order valence-corrected chi connectivity index (χ3v) is 12.3. The number of hydrogen-bond acceptors (Lipinski definition) is 4. The fraction of sp³-hybridized carbons (Fsp3) is 0.0926. The minimum Gasteiger partial charge on any atom is -0.457 e. The molecule has 3 unspecified atom stereocenters. The van der Waals surface area contributed by atoms with E-state index >= 15 is 0 Å². The summed E-state index contributed by atoms with van der Waals surface area (Å²) in [4.78, 5) is 10.4. The van der Waals surface area contributed by atoms with Crippen molar-refractivity contribution in [2.24, 2.45) is 5.92 Å². The van der Waals surface area contributed by atoms with Crippen LogP contribution in [-0.4, -0.2) is 9.97 Å². The molecule has 274 valence electrons. The average Bonchev–Trinajstić information content (AvgIpc) is 3.59. The molecule has 7 aromatic rings. The predicted octanol–water partition coefficient (Wildman–Crippen LogP) is 13.0. The Morgan fingerprint density at radius 3 is 2.00 bits per heavy atom. The number of benzene rings is 6. The third kappa shape index (κ3) is 5.43. The Labute approximate surface area is 338 Å². The third-order valence-electron chi connectivity index (χ3n) is 12.3. The van der Waals surface area contributed by atoms with Gasteiger partial charge in [0.15, 0.2) is 5.82 Å². The molecule has 4 aliphatic rings. The molecule has 6 aromatic carbocycles. The minimum atomic E-state index is -0.535. The number of ether oxygens (including phenoxy) is 1. The van der Waals surface area contributed by atoms with Crippen LogP contribution >= 0.6 is 0 Å². The van der Waals surface area contributed by atoms with Crippen LogP contribution in [0, 0.1) is 17.2 Å². The first-order chi connectivity index (χ1) is 28.7. The molecule has 0 amide bonds. The molecule has 1 spiro atoms. The van der Waals surface area contributed by atoms with Crippen LogP contribution in [0.15, 0.2) is 188 Å². The van der Waals surface area contributed by atoms with E-state index in [4.69, 9.17) is 14.7 Å². The molecule has 1 aliphatic heterocycles. The Morgan fingerprint density at radius 1 is 0.569 bits per heavy atom. The van der Waals surface area contributed by atoms with Gasteiger partial charge in [-0.15, -0.1) is 0 Å².